The van der Waals surface area contributed by atoms with E-state index in [1.54, 1.807) is 11.0 Å². The standard InChI is InChI=1S/C13H23N5O2/c1-10-6-17(7-11(2)20-10)5-4-15-13(19)12(3)18-9-14-8-16-18/h8-12H,4-7H2,1-3H3,(H,15,19)/t10-,11+,12-/m1/s1. The minimum Gasteiger partial charge on any atom is -0.373 e. The van der Waals surface area contributed by atoms with Gasteiger partial charge in [0.05, 0.1) is 12.2 Å². The summed E-state index contributed by atoms with van der Waals surface area (Å²) in [5, 5.41) is 6.91. The minimum atomic E-state index is -0.333. The zero-order valence-corrected chi connectivity index (χ0v) is 12.3. The molecule has 0 aromatic carbocycles. The van der Waals surface area contributed by atoms with Crippen molar-refractivity contribution >= 4 is 5.91 Å². The molecule has 112 valence electrons. The Morgan fingerprint density at radius 2 is 2.15 bits per heavy atom. The van der Waals surface area contributed by atoms with Crippen molar-refractivity contribution < 1.29 is 9.53 Å². The van der Waals surface area contributed by atoms with Crippen molar-refractivity contribution in [2.75, 3.05) is 26.2 Å². The van der Waals surface area contributed by atoms with Crippen LogP contribution in [0.4, 0.5) is 0 Å². The maximum atomic E-state index is 12.0. The summed E-state index contributed by atoms with van der Waals surface area (Å²) >= 11 is 0. The van der Waals surface area contributed by atoms with E-state index in [0.29, 0.717) is 6.54 Å². The summed E-state index contributed by atoms with van der Waals surface area (Å²) < 4.78 is 7.23. The second kappa shape index (κ2) is 6.81. The first-order chi connectivity index (χ1) is 9.56. The van der Waals surface area contributed by atoms with Gasteiger partial charge in [-0.05, 0) is 20.8 Å². The molecule has 7 heteroatoms. The van der Waals surface area contributed by atoms with E-state index in [-0.39, 0.29) is 24.2 Å². The van der Waals surface area contributed by atoms with E-state index in [4.69, 9.17) is 4.74 Å². The second-order valence-electron chi connectivity index (χ2n) is 5.36. The number of rotatable bonds is 5. The average Bonchev–Trinajstić information content (AvgIpc) is 2.90. The first kappa shape index (κ1) is 14.9. The molecule has 0 bridgehead atoms. The SMILES string of the molecule is C[C@@H]1CN(CCNC(=O)[C@@H](C)n2cncn2)C[C@H](C)O1. The lowest BCUT2D eigenvalue weighted by atomic mass is 10.2. The molecule has 1 amide bonds. The number of nitrogens with one attached hydrogen (secondary N) is 1. The first-order valence-electron chi connectivity index (χ1n) is 7.06. The smallest absolute Gasteiger partial charge is 0.244 e. The van der Waals surface area contributed by atoms with Crippen LogP contribution < -0.4 is 5.32 Å². The summed E-state index contributed by atoms with van der Waals surface area (Å²) in [7, 11) is 0. The average molecular weight is 281 g/mol. The molecule has 2 rings (SSSR count). The highest BCUT2D eigenvalue weighted by atomic mass is 16.5. The van der Waals surface area contributed by atoms with Crippen LogP contribution in [0, 0.1) is 0 Å². The van der Waals surface area contributed by atoms with Gasteiger partial charge in [-0.25, -0.2) is 9.67 Å². The van der Waals surface area contributed by atoms with Gasteiger partial charge in [-0.3, -0.25) is 9.69 Å². The van der Waals surface area contributed by atoms with Crippen molar-refractivity contribution in [2.45, 2.75) is 39.0 Å². The van der Waals surface area contributed by atoms with Crippen LogP contribution in [-0.4, -0.2) is 64.0 Å². The summed E-state index contributed by atoms with van der Waals surface area (Å²) in [6.45, 7) is 9.27. The van der Waals surface area contributed by atoms with Gasteiger partial charge in [0.25, 0.3) is 0 Å². The van der Waals surface area contributed by atoms with Crippen LogP contribution in [-0.2, 0) is 9.53 Å². The molecular formula is C13H23N5O2. The summed E-state index contributed by atoms with van der Waals surface area (Å²) in [5.74, 6) is -0.0372. The first-order valence-corrected chi connectivity index (χ1v) is 7.06. The van der Waals surface area contributed by atoms with E-state index in [0.717, 1.165) is 19.6 Å². The second-order valence-corrected chi connectivity index (χ2v) is 5.36. The maximum Gasteiger partial charge on any atom is 0.244 e. The Kier molecular flexibility index (Phi) is 5.08. The lowest BCUT2D eigenvalue weighted by Crippen LogP contribution is -2.48. The fourth-order valence-corrected chi connectivity index (χ4v) is 2.49. The van der Waals surface area contributed by atoms with Crippen molar-refractivity contribution in [1.82, 2.24) is 25.0 Å². The molecule has 1 N–H and O–H groups in total. The summed E-state index contributed by atoms with van der Waals surface area (Å²) in [6.07, 6.45) is 3.49. The van der Waals surface area contributed by atoms with E-state index in [9.17, 15) is 4.79 Å². The number of carbonyl (C=O) groups excluding carboxylic acids is 1. The molecule has 1 aliphatic rings. The third-order valence-electron chi connectivity index (χ3n) is 3.44. The van der Waals surface area contributed by atoms with Gasteiger partial charge in [-0.2, -0.15) is 5.10 Å². The van der Waals surface area contributed by atoms with Crippen LogP contribution in [0.5, 0.6) is 0 Å². The van der Waals surface area contributed by atoms with Crippen molar-refractivity contribution in [3.05, 3.63) is 12.7 Å². The lowest BCUT2D eigenvalue weighted by molar-refractivity contribution is -0.124. The van der Waals surface area contributed by atoms with Gasteiger partial charge in [0, 0.05) is 26.2 Å². The molecule has 1 aromatic rings. The van der Waals surface area contributed by atoms with Crippen molar-refractivity contribution in [3.63, 3.8) is 0 Å². The highest BCUT2D eigenvalue weighted by Crippen LogP contribution is 2.09. The molecule has 0 saturated carbocycles. The van der Waals surface area contributed by atoms with Gasteiger partial charge in [0.2, 0.25) is 5.91 Å². The van der Waals surface area contributed by atoms with E-state index >= 15 is 0 Å². The van der Waals surface area contributed by atoms with Crippen LogP contribution in [0.2, 0.25) is 0 Å². The van der Waals surface area contributed by atoms with E-state index in [1.807, 2.05) is 6.92 Å². The molecule has 20 heavy (non-hydrogen) atoms. The Hall–Kier alpha value is -1.47. The fraction of sp³-hybridized carbons (Fsp3) is 0.769. The molecule has 1 aliphatic heterocycles. The summed E-state index contributed by atoms with van der Waals surface area (Å²) in [5.41, 5.74) is 0. The molecule has 2 heterocycles. The molecule has 3 atom stereocenters. The number of hydrogen-bond acceptors (Lipinski definition) is 5. The third-order valence-corrected chi connectivity index (χ3v) is 3.44. The minimum absolute atomic E-state index is 0.0372. The maximum absolute atomic E-state index is 12.0. The van der Waals surface area contributed by atoms with Gasteiger partial charge in [-0.1, -0.05) is 0 Å². The molecule has 0 spiro atoms. The van der Waals surface area contributed by atoms with Crippen LogP contribution >= 0.6 is 0 Å². The van der Waals surface area contributed by atoms with Crippen LogP contribution in [0.1, 0.15) is 26.8 Å². The monoisotopic (exact) mass is 281 g/mol. The number of hydrogen-bond donors (Lipinski definition) is 1. The van der Waals surface area contributed by atoms with Crippen molar-refractivity contribution in [2.24, 2.45) is 0 Å². The number of ether oxygens (including phenoxy) is 1. The molecule has 0 unspecified atom stereocenters. The molecule has 1 fully saturated rings. The largest absolute Gasteiger partial charge is 0.373 e. The topological polar surface area (TPSA) is 72.3 Å². The molecular weight excluding hydrogens is 258 g/mol. The zero-order valence-electron chi connectivity index (χ0n) is 12.3. The summed E-state index contributed by atoms with van der Waals surface area (Å²) in [4.78, 5) is 18.1. The number of morpholine rings is 1. The summed E-state index contributed by atoms with van der Waals surface area (Å²) in [6, 6.07) is -0.333. The Bertz CT molecular complexity index is 412. The Labute approximate surface area is 119 Å². The number of aromatic nitrogens is 3. The van der Waals surface area contributed by atoms with Crippen LogP contribution in [0.25, 0.3) is 0 Å². The van der Waals surface area contributed by atoms with Gasteiger partial charge in [-0.15, -0.1) is 0 Å². The number of carbonyl (C=O) groups is 1. The highest BCUT2D eigenvalue weighted by molar-refractivity contribution is 5.79. The zero-order chi connectivity index (χ0) is 14.5. The van der Waals surface area contributed by atoms with Gasteiger partial charge >= 0.3 is 0 Å². The normalized spacial score (nSPS) is 25.4. The molecule has 1 saturated heterocycles. The Balaban J connectivity index is 1.71. The predicted molar refractivity (Wildman–Crippen MR) is 74.2 cm³/mol. The lowest BCUT2D eigenvalue weighted by Gasteiger charge is -2.35. The predicted octanol–water partition coefficient (Wildman–Crippen LogP) is 0.0645. The Morgan fingerprint density at radius 1 is 1.45 bits per heavy atom. The molecule has 1 aromatic heterocycles. The molecule has 7 nitrogen and oxygen atoms in total. The molecule has 0 radical (unpaired) electrons. The highest BCUT2D eigenvalue weighted by Gasteiger charge is 2.22. The third kappa shape index (κ3) is 4.01. The van der Waals surface area contributed by atoms with Crippen molar-refractivity contribution in [1.29, 1.82) is 0 Å². The van der Waals surface area contributed by atoms with E-state index < -0.39 is 0 Å². The molecule has 0 aliphatic carbocycles. The van der Waals surface area contributed by atoms with Crippen LogP contribution in [0.3, 0.4) is 0 Å². The Morgan fingerprint density at radius 3 is 2.75 bits per heavy atom. The van der Waals surface area contributed by atoms with Gasteiger partial charge in [0.15, 0.2) is 0 Å². The number of amides is 1. The van der Waals surface area contributed by atoms with E-state index in [1.165, 1.54) is 6.33 Å². The van der Waals surface area contributed by atoms with Gasteiger partial charge in [0.1, 0.15) is 18.7 Å². The number of nitrogens with zero attached hydrogens (tertiary/aromatic N) is 4. The fourth-order valence-electron chi connectivity index (χ4n) is 2.49. The van der Waals surface area contributed by atoms with E-state index in [2.05, 4.69) is 34.1 Å². The van der Waals surface area contributed by atoms with Gasteiger partial charge < -0.3 is 10.1 Å². The van der Waals surface area contributed by atoms with Crippen LogP contribution in [0.15, 0.2) is 12.7 Å². The van der Waals surface area contributed by atoms with Crippen molar-refractivity contribution in [3.8, 4) is 0 Å². The quantitative estimate of drug-likeness (QED) is 0.826.